The van der Waals surface area contributed by atoms with Gasteiger partial charge in [-0.25, -0.2) is 28.4 Å². The lowest BCUT2D eigenvalue weighted by Crippen LogP contribution is -2.42. The smallest absolute Gasteiger partial charge is 0.361 e. The number of fused-ring (bicyclic) bond motifs is 1. The van der Waals surface area contributed by atoms with Gasteiger partial charge in [0.2, 0.25) is 5.89 Å². The monoisotopic (exact) mass is 643 g/mol. The number of H-pyrrole nitrogens is 1. The van der Waals surface area contributed by atoms with Crippen molar-refractivity contribution in [3.63, 3.8) is 0 Å². The number of imidazole rings is 1. The first kappa shape index (κ1) is 30.6. The first-order valence-electron chi connectivity index (χ1n) is 14.0. The molecule has 0 aliphatic carbocycles. The van der Waals surface area contributed by atoms with Crippen LogP contribution in [0.5, 0.6) is 0 Å². The van der Waals surface area contributed by atoms with Gasteiger partial charge < -0.3 is 34.7 Å². The fraction of sp³-hybridized carbons (Fsp3) is 0.172. The molecule has 0 aliphatic heterocycles. The maximum atomic E-state index is 15.3. The number of nitrogens with one attached hydrogen (secondary N) is 2. The van der Waals surface area contributed by atoms with E-state index in [0.717, 1.165) is 4.68 Å². The fourth-order valence-electron chi connectivity index (χ4n) is 4.83. The summed E-state index contributed by atoms with van der Waals surface area (Å²) in [6, 6.07) is 8.83. The van der Waals surface area contributed by atoms with Crippen LogP contribution in [-0.2, 0) is 11.3 Å². The predicted octanol–water partition coefficient (Wildman–Crippen LogP) is 2.15. The number of rotatable bonds is 8. The second-order valence-corrected chi connectivity index (χ2v) is 10.3. The van der Waals surface area contributed by atoms with Gasteiger partial charge in [0, 0.05) is 29.7 Å². The molecule has 1 amide bonds. The van der Waals surface area contributed by atoms with Crippen LogP contribution in [0.15, 0.2) is 68.9 Å². The number of carbonyl (C=O) groups is 2. The number of benzene rings is 2. The molecule has 2 aromatic carbocycles. The first-order chi connectivity index (χ1) is 22.5. The second kappa shape index (κ2) is 12.2. The van der Waals surface area contributed by atoms with Crippen molar-refractivity contribution in [2.24, 2.45) is 0 Å². The normalized spacial score (nSPS) is 11.3. The minimum absolute atomic E-state index is 0.0207. The average Bonchev–Trinajstić information content (AvgIpc) is 3.77. The third-order valence-electron chi connectivity index (χ3n) is 6.82. The van der Waals surface area contributed by atoms with Crippen molar-refractivity contribution >= 4 is 34.7 Å². The van der Waals surface area contributed by atoms with Gasteiger partial charge in [0.1, 0.15) is 17.2 Å². The van der Waals surface area contributed by atoms with Crippen LogP contribution in [0, 0.1) is 5.82 Å². The number of ether oxygens (including phenoxy) is 1. The largest absolute Gasteiger partial charge is 0.461 e. The summed E-state index contributed by atoms with van der Waals surface area (Å²) in [6.45, 7) is 2.04. The third kappa shape index (κ3) is 5.75. The zero-order valence-corrected chi connectivity index (χ0v) is 25.1. The van der Waals surface area contributed by atoms with Gasteiger partial charge in [0.15, 0.2) is 11.2 Å². The summed E-state index contributed by atoms with van der Waals surface area (Å²) in [7, 11) is 3.74. The van der Waals surface area contributed by atoms with Gasteiger partial charge in [0.25, 0.3) is 5.56 Å². The number of carbonyl (C=O) groups excluding carboxylic acids is 2. The summed E-state index contributed by atoms with van der Waals surface area (Å²) in [5, 5.41) is 14.0. The number of hydrogen-bond acceptors (Lipinski definition) is 12. The molecular weight excluding hydrogens is 617 g/mol. The molecule has 0 radical (unpaired) electrons. The Balaban J connectivity index is 1.41. The minimum atomic E-state index is -1.26. The number of anilines is 2. The molecule has 6 aromatic rings. The summed E-state index contributed by atoms with van der Waals surface area (Å²) < 4.78 is 28.6. The van der Waals surface area contributed by atoms with E-state index in [1.165, 1.54) is 18.2 Å². The highest BCUT2D eigenvalue weighted by Crippen LogP contribution is 2.25. The number of nitrogens with zero attached hydrogens (tertiary/aromatic N) is 8. The van der Waals surface area contributed by atoms with Crippen LogP contribution in [-0.4, -0.2) is 76.7 Å². The molecule has 0 bridgehead atoms. The van der Waals surface area contributed by atoms with Gasteiger partial charge >= 0.3 is 23.7 Å². The van der Waals surface area contributed by atoms with Crippen molar-refractivity contribution in [3.8, 4) is 22.8 Å². The van der Waals surface area contributed by atoms with Gasteiger partial charge in [-0.15, -0.1) is 5.10 Å². The molecule has 240 valence electrons. The number of esters is 1. The second-order valence-electron chi connectivity index (χ2n) is 10.3. The molecule has 0 saturated carbocycles. The van der Waals surface area contributed by atoms with Crippen LogP contribution in [0.1, 0.15) is 23.2 Å². The van der Waals surface area contributed by atoms with E-state index >= 15 is 4.39 Å². The molecule has 47 heavy (non-hydrogen) atoms. The van der Waals surface area contributed by atoms with E-state index < -0.39 is 29.1 Å². The van der Waals surface area contributed by atoms with Crippen LogP contribution in [0.2, 0.25) is 0 Å². The topological polar surface area (TPSA) is 214 Å². The summed E-state index contributed by atoms with van der Waals surface area (Å²) in [5.41, 5.74) is 2.91. The van der Waals surface area contributed by atoms with Gasteiger partial charge in [0.05, 0.1) is 24.5 Å². The molecular formula is C29H26FN11O6. The maximum Gasteiger partial charge on any atom is 0.361 e. The lowest BCUT2D eigenvalue weighted by Gasteiger charge is -2.13. The maximum absolute atomic E-state index is 15.3. The summed E-state index contributed by atoms with van der Waals surface area (Å²) in [6.07, 6.45) is 3.25. The molecule has 17 nitrogen and oxygen atoms in total. The van der Waals surface area contributed by atoms with Gasteiger partial charge in [-0.2, -0.15) is 9.67 Å². The van der Waals surface area contributed by atoms with Crippen molar-refractivity contribution < 1.29 is 23.1 Å². The summed E-state index contributed by atoms with van der Waals surface area (Å²) in [4.78, 5) is 61.7. The van der Waals surface area contributed by atoms with E-state index in [9.17, 15) is 19.2 Å². The van der Waals surface area contributed by atoms with Gasteiger partial charge in [-0.05, 0) is 51.4 Å². The Labute approximate surface area is 263 Å². The number of aromatic nitrogens is 8. The highest BCUT2D eigenvalue weighted by molar-refractivity contribution is 6.01. The Morgan fingerprint density at radius 3 is 2.64 bits per heavy atom. The average molecular weight is 644 g/mol. The molecule has 0 aliphatic rings. The number of amides is 1. The summed E-state index contributed by atoms with van der Waals surface area (Å²) in [5.74, 6) is -1.04. The molecule has 6 rings (SSSR count). The molecule has 0 unspecified atom stereocenters. The Hall–Kier alpha value is -6.43. The number of halogens is 1. The zero-order chi connectivity index (χ0) is 33.4. The fourth-order valence-corrected chi connectivity index (χ4v) is 4.83. The lowest BCUT2D eigenvalue weighted by molar-refractivity contribution is 0.0521. The molecule has 0 spiro atoms. The zero-order valence-electron chi connectivity index (χ0n) is 25.1. The van der Waals surface area contributed by atoms with Crippen LogP contribution in [0.4, 0.5) is 20.9 Å². The van der Waals surface area contributed by atoms with Crippen molar-refractivity contribution in [1.29, 1.82) is 0 Å². The van der Waals surface area contributed by atoms with E-state index in [4.69, 9.17) is 14.9 Å². The number of nitrogen functional groups attached to an aromatic ring is 1. The lowest BCUT2D eigenvalue weighted by atomic mass is 10.2. The molecule has 0 saturated heterocycles. The Morgan fingerprint density at radius 1 is 1.13 bits per heavy atom. The van der Waals surface area contributed by atoms with Crippen LogP contribution >= 0.6 is 0 Å². The quantitative estimate of drug-likeness (QED) is 0.204. The van der Waals surface area contributed by atoms with E-state index in [-0.39, 0.29) is 51.2 Å². The number of hydrogen-bond donors (Lipinski definition) is 3. The molecule has 4 N–H and O–H groups in total. The highest BCUT2D eigenvalue weighted by Gasteiger charge is 2.27. The van der Waals surface area contributed by atoms with E-state index in [2.05, 4.69) is 30.6 Å². The van der Waals surface area contributed by atoms with Crippen molar-refractivity contribution in [2.75, 3.05) is 31.8 Å². The van der Waals surface area contributed by atoms with E-state index in [0.29, 0.717) is 23.6 Å². The Morgan fingerprint density at radius 2 is 1.94 bits per heavy atom. The van der Waals surface area contributed by atoms with E-state index in [1.807, 2.05) is 19.0 Å². The van der Waals surface area contributed by atoms with Crippen LogP contribution in [0.3, 0.4) is 0 Å². The standard InChI is InChI=1S/C29H26FN11O6/c1-4-46-26(43)22-21-23(41(37-22)17-7-5-6-15(12-17)24-35-36-27(31)47-24)25(42)40(29(45)34-21)28(44)33-19-9-8-16(13-18(19)30)39-11-10-32-20(39)14-38(2)3/h5-13H,4,14H2,1-3H3,(H2,31,36)(H,33,44)(H,34,45). The molecule has 4 heterocycles. The summed E-state index contributed by atoms with van der Waals surface area (Å²) >= 11 is 0. The molecule has 0 atom stereocenters. The molecule has 0 fully saturated rings. The Kier molecular flexibility index (Phi) is 7.92. The van der Waals surface area contributed by atoms with Crippen molar-refractivity contribution in [1.82, 2.24) is 44.0 Å². The third-order valence-corrected chi connectivity index (χ3v) is 6.82. The van der Waals surface area contributed by atoms with Crippen molar-refractivity contribution in [3.05, 3.63) is 93.0 Å². The first-order valence-corrected chi connectivity index (χ1v) is 14.0. The van der Waals surface area contributed by atoms with Crippen molar-refractivity contribution in [2.45, 2.75) is 13.5 Å². The predicted molar refractivity (Wildman–Crippen MR) is 165 cm³/mol. The van der Waals surface area contributed by atoms with Crippen LogP contribution in [0.25, 0.3) is 33.9 Å². The van der Waals surface area contributed by atoms with Gasteiger partial charge in [-0.1, -0.05) is 11.2 Å². The number of aromatic amines is 1. The van der Waals surface area contributed by atoms with Crippen LogP contribution < -0.4 is 22.3 Å². The number of nitrogens with two attached hydrogens (primary N) is 1. The van der Waals surface area contributed by atoms with E-state index in [1.54, 1.807) is 48.1 Å². The molecule has 4 aromatic heterocycles. The minimum Gasteiger partial charge on any atom is -0.461 e. The Bertz CT molecular complexity index is 2280. The molecule has 18 heteroatoms. The highest BCUT2D eigenvalue weighted by atomic mass is 19.1. The van der Waals surface area contributed by atoms with Gasteiger partial charge in [-0.3, -0.25) is 4.79 Å². The SMILES string of the molecule is CCOC(=O)c1nn(-c2cccc(-c3nnc(N)o3)c2)c2c(=O)n(C(=O)Nc3ccc(-n4ccnc4CN(C)C)cc3F)c(=O)[nH]c12.